The van der Waals surface area contributed by atoms with Crippen LogP contribution in [0.1, 0.15) is 89.5 Å². The van der Waals surface area contributed by atoms with Crippen molar-refractivity contribution in [1.82, 2.24) is 15.5 Å². The molecule has 3 atom stereocenters. The minimum absolute atomic E-state index is 0.0750. The van der Waals surface area contributed by atoms with Crippen LogP contribution in [-0.2, 0) is 19.1 Å². The number of nitrogens with two attached hydrogens (primary N) is 1. The van der Waals surface area contributed by atoms with Gasteiger partial charge in [-0.1, -0.05) is 31.5 Å². The molecule has 200 valence electrons. The maximum absolute atomic E-state index is 13.9. The molecular formula is C27H42N4O5. The molecule has 9 heteroatoms. The fourth-order valence-electron chi connectivity index (χ4n) is 4.10. The monoisotopic (exact) mass is 502 g/mol. The smallest absolute Gasteiger partial charge is 0.408 e. The van der Waals surface area contributed by atoms with E-state index in [1.165, 1.54) is 4.90 Å². The third-order valence-electron chi connectivity index (χ3n) is 6.07. The number of hydrogen-bond acceptors (Lipinski definition) is 5. The quantitative estimate of drug-likeness (QED) is 0.427. The van der Waals surface area contributed by atoms with Crippen LogP contribution in [0.4, 0.5) is 4.79 Å². The van der Waals surface area contributed by atoms with E-state index < -0.39 is 42.0 Å². The van der Waals surface area contributed by atoms with Gasteiger partial charge in [0.15, 0.2) is 0 Å². The lowest BCUT2D eigenvalue weighted by Crippen LogP contribution is -2.55. The van der Waals surface area contributed by atoms with Gasteiger partial charge in [-0.15, -0.1) is 0 Å². The molecule has 3 unspecified atom stereocenters. The molecule has 0 heterocycles. The summed E-state index contributed by atoms with van der Waals surface area (Å²) < 4.78 is 5.30. The summed E-state index contributed by atoms with van der Waals surface area (Å²) in [5.41, 5.74) is 7.37. The summed E-state index contributed by atoms with van der Waals surface area (Å²) in [6.07, 6.45) is 1.91. The molecule has 1 aliphatic carbocycles. The van der Waals surface area contributed by atoms with Gasteiger partial charge in [0, 0.05) is 12.1 Å². The van der Waals surface area contributed by atoms with Crippen LogP contribution in [0.25, 0.3) is 0 Å². The van der Waals surface area contributed by atoms with Gasteiger partial charge in [0.05, 0.1) is 6.42 Å². The van der Waals surface area contributed by atoms with Crippen molar-refractivity contribution in [1.29, 1.82) is 0 Å². The van der Waals surface area contributed by atoms with Gasteiger partial charge in [-0.2, -0.15) is 0 Å². The third-order valence-corrected chi connectivity index (χ3v) is 6.07. The number of hydrogen-bond donors (Lipinski definition) is 3. The van der Waals surface area contributed by atoms with E-state index in [0.717, 1.165) is 36.8 Å². The lowest BCUT2D eigenvalue weighted by molar-refractivity contribution is -0.144. The van der Waals surface area contributed by atoms with Crippen molar-refractivity contribution in [2.45, 2.75) is 110 Å². The Bertz CT molecular complexity index is 967. The normalized spacial score (nSPS) is 15.9. The number of benzene rings is 1. The highest BCUT2D eigenvalue weighted by Crippen LogP contribution is 2.36. The summed E-state index contributed by atoms with van der Waals surface area (Å²) in [6.45, 7) is 13.0. The Balaban J connectivity index is 2.48. The Labute approximate surface area is 214 Å². The van der Waals surface area contributed by atoms with Crippen LogP contribution in [0.15, 0.2) is 18.2 Å². The van der Waals surface area contributed by atoms with Gasteiger partial charge >= 0.3 is 6.09 Å². The molecule has 0 bridgehead atoms. The van der Waals surface area contributed by atoms with Crippen molar-refractivity contribution in [3.63, 3.8) is 0 Å². The number of rotatable bonds is 11. The molecule has 4 N–H and O–H groups in total. The zero-order valence-electron chi connectivity index (χ0n) is 22.6. The topological polar surface area (TPSA) is 131 Å². The van der Waals surface area contributed by atoms with Crippen molar-refractivity contribution >= 4 is 23.8 Å². The zero-order valence-corrected chi connectivity index (χ0v) is 22.6. The predicted octanol–water partition coefficient (Wildman–Crippen LogP) is 3.41. The van der Waals surface area contributed by atoms with Gasteiger partial charge in [-0.05, 0) is 77.5 Å². The van der Waals surface area contributed by atoms with Crippen LogP contribution in [-0.4, -0.2) is 52.4 Å². The van der Waals surface area contributed by atoms with Gasteiger partial charge < -0.3 is 26.0 Å². The average molecular weight is 503 g/mol. The van der Waals surface area contributed by atoms with Gasteiger partial charge in [0.25, 0.3) is 0 Å². The minimum atomic E-state index is -1.26. The molecule has 0 saturated heterocycles. The van der Waals surface area contributed by atoms with Crippen molar-refractivity contribution in [3.8, 4) is 0 Å². The lowest BCUT2D eigenvalue weighted by atomic mass is 9.97. The molecule has 0 radical (unpaired) electrons. The fourth-order valence-corrected chi connectivity index (χ4v) is 4.10. The molecule has 1 aliphatic rings. The number of primary amides is 1. The van der Waals surface area contributed by atoms with E-state index in [1.54, 1.807) is 20.8 Å². The van der Waals surface area contributed by atoms with E-state index in [9.17, 15) is 19.2 Å². The van der Waals surface area contributed by atoms with E-state index in [1.807, 2.05) is 45.9 Å². The van der Waals surface area contributed by atoms with Gasteiger partial charge in [-0.3, -0.25) is 14.4 Å². The summed E-state index contributed by atoms with van der Waals surface area (Å²) in [7, 11) is 0. The summed E-state index contributed by atoms with van der Waals surface area (Å²) in [4.78, 5) is 53.4. The van der Waals surface area contributed by atoms with Crippen LogP contribution < -0.4 is 16.4 Å². The van der Waals surface area contributed by atoms with E-state index in [4.69, 9.17) is 10.5 Å². The van der Waals surface area contributed by atoms with Gasteiger partial charge in [0.1, 0.15) is 17.7 Å². The fraction of sp³-hybridized carbons (Fsp3) is 0.630. The molecule has 1 aromatic rings. The van der Waals surface area contributed by atoms with Crippen LogP contribution in [0, 0.1) is 13.8 Å². The molecule has 36 heavy (non-hydrogen) atoms. The minimum Gasteiger partial charge on any atom is -0.444 e. The molecule has 0 spiro atoms. The SMILES string of the molecule is CCCC(C)NC(=O)C(c1ccc(C)c(C)c1)N(C(=O)C(CC(N)=O)NC(=O)OC(C)(C)C)C1CC1. The van der Waals surface area contributed by atoms with Crippen LogP contribution in [0.5, 0.6) is 0 Å². The standard InChI is InChI=1S/C27H42N4O5/c1-8-9-18(4)29-24(33)23(19-11-10-16(2)17(3)14-19)31(20-12-13-20)25(34)21(15-22(28)32)30-26(35)36-27(5,6)7/h10-11,14,18,20-21,23H,8-9,12-13,15H2,1-7H3,(H2,28,32)(H,29,33)(H,30,35). The molecule has 1 aromatic carbocycles. The predicted molar refractivity (Wildman–Crippen MR) is 138 cm³/mol. The first-order chi connectivity index (χ1) is 16.7. The largest absolute Gasteiger partial charge is 0.444 e. The van der Waals surface area contributed by atoms with E-state index in [0.29, 0.717) is 5.56 Å². The Kier molecular flexibility index (Phi) is 9.90. The Morgan fingerprint density at radius 1 is 1.11 bits per heavy atom. The number of carbonyl (C=O) groups is 4. The summed E-state index contributed by atoms with van der Waals surface area (Å²) in [5, 5.41) is 5.56. The van der Waals surface area contributed by atoms with Crippen molar-refractivity contribution < 1.29 is 23.9 Å². The molecule has 1 fully saturated rings. The second kappa shape index (κ2) is 12.2. The number of aryl methyl sites for hydroxylation is 2. The van der Waals surface area contributed by atoms with Crippen molar-refractivity contribution in [2.75, 3.05) is 0 Å². The molecule has 2 rings (SSSR count). The number of nitrogens with zero attached hydrogens (tertiary/aromatic N) is 1. The average Bonchev–Trinajstić information content (AvgIpc) is 3.56. The van der Waals surface area contributed by atoms with E-state index in [-0.39, 0.29) is 18.0 Å². The zero-order chi connectivity index (χ0) is 27.2. The van der Waals surface area contributed by atoms with Gasteiger partial charge in [-0.25, -0.2) is 4.79 Å². The number of alkyl carbamates (subject to hydrolysis) is 1. The van der Waals surface area contributed by atoms with E-state index in [2.05, 4.69) is 10.6 Å². The highest BCUT2D eigenvalue weighted by Gasteiger charge is 2.44. The van der Waals surface area contributed by atoms with Gasteiger partial charge in [0.2, 0.25) is 17.7 Å². The first-order valence-corrected chi connectivity index (χ1v) is 12.7. The Morgan fingerprint density at radius 3 is 2.25 bits per heavy atom. The van der Waals surface area contributed by atoms with Crippen molar-refractivity contribution in [3.05, 3.63) is 34.9 Å². The molecule has 9 nitrogen and oxygen atoms in total. The maximum atomic E-state index is 13.9. The van der Waals surface area contributed by atoms with Crippen LogP contribution >= 0.6 is 0 Å². The second-order valence-electron chi connectivity index (χ2n) is 10.8. The summed E-state index contributed by atoms with van der Waals surface area (Å²) in [6, 6.07) is 3.25. The Hall–Kier alpha value is -3.10. The lowest BCUT2D eigenvalue weighted by Gasteiger charge is -2.35. The summed E-state index contributed by atoms with van der Waals surface area (Å²) >= 11 is 0. The highest BCUT2D eigenvalue weighted by atomic mass is 16.6. The molecule has 0 aromatic heterocycles. The number of ether oxygens (including phenoxy) is 1. The Morgan fingerprint density at radius 2 is 1.75 bits per heavy atom. The van der Waals surface area contributed by atoms with E-state index >= 15 is 0 Å². The summed E-state index contributed by atoms with van der Waals surface area (Å²) in [5.74, 6) is -1.58. The first-order valence-electron chi connectivity index (χ1n) is 12.7. The molecule has 0 aliphatic heterocycles. The van der Waals surface area contributed by atoms with Crippen LogP contribution in [0.2, 0.25) is 0 Å². The first kappa shape index (κ1) is 29.1. The molecule has 4 amide bonds. The molecular weight excluding hydrogens is 460 g/mol. The van der Waals surface area contributed by atoms with Crippen LogP contribution in [0.3, 0.4) is 0 Å². The number of amides is 4. The second-order valence-corrected chi connectivity index (χ2v) is 10.8. The maximum Gasteiger partial charge on any atom is 0.408 e. The third kappa shape index (κ3) is 8.53. The molecule has 1 saturated carbocycles. The van der Waals surface area contributed by atoms with Crippen molar-refractivity contribution in [2.24, 2.45) is 5.73 Å². The number of nitrogens with one attached hydrogen (secondary N) is 2. The highest BCUT2D eigenvalue weighted by molar-refractivity contribution is 5.95. The number of carbonyl (C=O) groups excluding carboxylic acids is 4.